The minimum atomic E-state index is 0. The summed E-state index contributed by atoms with van der Waals surface area (Å²) >= 11 is 0. The highest BCUT2D eigenvalue weighted by Crippen LogP contribution is 2.46. The van der Waals surface area contributed by atoms with Crippen LogP contribution in [0.3, 0.4) is 0 Å². The summed E-state index contributed by atoms with van der Waals surface area (Å²) in [5, 5.41) is 3.43. The van der Waals surface area contributed by atoms with Crippen LogP contribution in [0.25, 0.3) is 0 Å². The largest absolute Gasteiger partial charge is 0.314 e. The van der Waals surface area contributed by atoms with E-state index < -0.39 is 0 Å². The highest BCUT2D eigenvalue weighted by atomic mass is 35.5. The molecule has 0 bridgehead atoms. The number of nitrogens with zero attached hydrogens (tertiary/aromatic N) is 2. The smallest absolute Gasteiger partial charge is 0.0149 e. The molecule has 0 atom stereocenters. The molecule has 1 N–H and O–H groups in total. The van der Waals surface area contributed by atoms with Crippen molar-refractivity contribution in [3.05, 3.63) is 0 Å². The Morgan fingerprint density at radius 1 is 1.05 bits per heavy atom. The maximum Gasteiger partial charge on any atom is 0.0149 e. The molecule has 0 amide bonds. The number of hydrogen-bond donors (Lipinski definition) is 1. The molecule has 1 saturated heterocycles. The van der Waals surface area contributed by atoms with Crippen molar-refractivity contribution in [2.75, 3.05) is 46.3 Å². The van der Waals surface area contributed by atoms with Gasteiger partial charge in [-0.3, -0.25) is 4.90 Å². The lowest BCUT2D eigenvalue weighted by Gasteiger charge is -2.32. The first-order valence-corrected chi connectivity index (χ1v) is 7.48. The van der Waals surface area contributed by atoms with E-state index in [0.717, 1.165) is 17.9 Å². The molecular weight excluding hydrogens is 281 g/mol. The predicted molar refractivity (Wildman–Crippen MR) is 85.7 cm³/mol. The van der Waals surface area contributed by atoms with Crippen LogP contribution in [0, 0.1) is 11.8 Å². The zero-order valence-corrected chi connectivity index (χ0v) is 13.6. The topological polar surface area (TPSA) is 18.5 Å². The fraction of sp³-hybridized carbons (Fsp3) is 1.00. The summed E-state index contributed by atoms with van der Waals surface area (Å²) in [7, 11) is 2.36. The van der Waals surface area contributed by atoms with Crippen molar-refractivity contribution in [1.82, 2.24) is 15.1 Å². The highest BCUT2D eigenvalue weighted by Gasteiger charge is 2.43. The molecule has 2 saturated carbocycles. The van der Waals surface area contributed by atoms with Crippen molar-refractivity contribution < 1.29 is 0 Å². The second-order valence-electron chi connectivity index (χ2n) is 6.24. The van der Waals surface area contributed by atoms with Gasteiger partial charge in [-0.2, -0.15) is 0 Å². The Labute approximate surface area is 130 Å². The third-order valence-electron chi connectivity index (χ3n) is 4.70. The zero-order valence-electron chi connectivity index (χ0n) is 12.0. The van der Waals surface area contributed by atoms with Crippen molar-refractivity contribution >= 4 is 24.8 Å². The van der Waals surface area contributed by atoms with Crippen molar-refractivity contribution in [1.29, 1.82) is 0 Å². The molecule has 5 heteroatoms. The van der Waals surface area contributed by atoms with Gasteiger partial charge in [0.25, 0.3) is 0 Å². The highest BCUT2D eigenvalue weighted by molar-refractivity contribution is 5.85. The van der Waals surface area contributed by atoms with Crippen LogP contribution < -0.4 is 5.32 Å². The zero-order chi connectivity index (χ0) is 11.7. The first-order chi connectivity index (χ1) is 8.34. The van der Waals surface area contributed by atoms with Crippen molar-refractivity contribution in [2.45, 2.75) is 31.7 Å². The molecule has 0 aromatic carbocycles. The molecule has 19 heavy (non-hydrogen) atoms. The molecule has 3 rings (SSSR count). The Balaban J connectivity index is 0.000000902. The number of halogens is 2. The predicted octanol–water partition coefficient (Wildman–Crippen LogP) is 1.86. The van der Waals surface area contributed by atoms with E-state index in [9.17, 15) is 0 Å². The molecule has 3 fully saturated rings. The summed E-state index contributed by atoms with van der Waals surface area (Å²) in [6.07, 6.45) is 6.00. The van der Waals surface area contributed by atoms with Crippen LogP contribution >= 0.6 is 24.8 Å². The van der Waals surface area contributed by atoms with Gasteiger partial charge in [0.2, 0.25) is 0 Å². The fourth-order valence-corrected chi connectivity index (χ4v) is 3.36. The summed E-state index contributed by atoms with van der Waals surface area (Å²) < 4.78 is 0. The lowest BCUT2D eigenvalue weighted by Crippen LogP contribution is -2.47. The average molecular weight is 310 g/mol. The molecule has 0 radical (unpaired) electrons. The molecule has 0 spiro atoms. The average Bonchev–Trinajstić information content (AvgIpc) is 3.22. The van der Waals surface area contributed by atoms with E-state index in [4.69, 9.17) is 0 Å². The van der Waals surface area contributed by atoms with Crippen LogP contribution in [0.2, 0.25) is 0 Å². The maximum absolute atomic E-state index is 3.43. The van der Waals surface area contributed by atoms with Gasteiger partial charge < -0.3 is 10.2 Å². The molecule has 3 nitrogen and oxygen atoms in total. The van der Waals surface area contributed by atoms with Crippen LogP contribution in [0.4, 0.5) is 0 Å². The standard InChI is InChI=1S/C14H27N3.2ClH/c1-16(10-11-17-8-6-15-7-9-17)14(12-2-3-12)13-4-5-13;;/h12-15H,2-11H2,1H3;2*1H. The minimum absolute atomic E-state index is 0. The summed E-state index contributed by atoms with van der Waals surface area (Å²) in [4.78, 5) is 5.29. The van der Waals surface area contributed by atoms with Crippen molar-refractivity contribution in [3.63, 3.8) is 0 Å². The van der Waals surface area contributed by atoms with E-state index in [1.165, 1.54) is 65.0 Å². The molecule has 2 aliphatic carbocycles. The van der Waals surface area contributed by atoms with Gasteiger partial charge in [0.1, 0.15) is 0 Å². The van der Waals surface area contributed by atoms with Gasteiger partial charge in [0.15, 0.2) is 0 Å². The second kappa shape index (κ2) is 8.04. The third kappa shape index (κ3) is 5.05. The summed E-state index contributed by atoms with van der Waals surface area (Å²) in [5.41, 5.74) is 0. The van der Waals surface area contributed by atoms with Crippen molar-refractivity contribution in [2.24, 2.45) is 11.8 Å². The Bertz CT molecular complexity index is 239. The quantitative estimate of drug-likeness (QED) is 0.808. The van der Waals surface area contributed by atoms with Gasteiger partial charge in [-0.1, -0.05) is 0 Å². The number of nitrogens with one attached hydrogen (secondary N) is 1. The van der Waals surface area contributed by atoms with E-state index >= 15 is 0 Å². The molecule has 0 aromatic heterocycles. The monoisotopic (exact) mass is 309 g/mol. The van der Waals surface area contributed by atoms with Gasteiger partial charge in [0, 0.05) is 45.3 Å². The van der Waals surface area contributed by atoms with E-state index in [1.54, 1.807) is 0 Å². The lowest BCUT2D eigenvalue weighted by molar-refractivity contribution is 0.153. The van der Waals surface area contributed by atoms with Gasteiger partial charge in [-0.15, -0.1) is 24.8 Å². The summed E-state index contributed by atoms with van der Waals surface area (Å²) in [5.74, 6) is 2.10. The number of piperazine rings is 1. The van der Waals surface area contributed by atoms with Crippen LogP contribution in [-0.4, -0.2) is 62.2 Å². The first-order valence-electron chi connectivity index (χ1n) is 7.48. The van der Waals surface area contributed by atoms with Crippen LogP contribution in [0.1, 0.15) is 25.7 Å². The van der Waals surface area contributed by atoms with Crippen LogP contribution in [0.15, 0.2) is 0 Å². The molecule has 1 aliphatic heterocycles. The molecule has 0 aromatic rings. The first kappa shape index (κ1) is 17.5. The fourth-order valence-electron chi connectivity index (χ4n) is 3.36. The summed E-state index contributed by atoms with van der Waals surface area (Å²) in [6.45, 7) is 7.39. The molecule has 3 aliphatic rings. The second-order valence-corrected chi connectivity index (χ2v) is 6.24. The summed E-state index contributed by atoms with van der Waals surface area (Å²) in [6, 6.07) is 0.929. The van der Waals surface area contributed by atoms with Crippen molar-refractivity contribution in [3.8, 4) is 0 Å². The Morgan fingerprint density at radius 2 is 1.58 bits per heavy atom. The van der Waals surface area contributed by atoms with E-state index in [2.05, 4.69) is 22.2 Å². The van der Waals surface area contributed by atoms with Gasteiger partial charge in [-0.25, -0.2) is 0 Å². The Hall–Kier alpha value is 0.460. The SMILES string of the molecule is CN(CCN1CCNCC1)C(C1CC1)C1CC1.Cl.Cl. The Morgan fingerprint density at radius 3 is 2.05 bits per heavy atom. The third-order valence-corrected chi connectivity index (χ3v) is 4.70. The number of likely N-dealkylation sites (N-methyl/N-ethyl adjacent to an activating group) is 1. The number of rotatable bonds is 6. The molecule has 0 unspecified atom stereocenters. The minimum Gasteiger partial charge on any atom is -0.314 e. The molecular formula is C14H29Cl2N3. The molecule has 114 valence electrons. The maximum atomic E-state index is 3.43. The Kier molecular flexibility index (Phi) is 7.41. The van der Waals surface area contributed by atoms with E-state index in [-0.39, 0.29) is 24.8 Å². The van der Waals surface area contributed by atoms with Crippen LogP contribution in [0.5, 0.6) is 0 Å². The van der Waals surface area contributed by atoms with Gasteiger partial charge in [0.05, 0.1) is 0 Å². The van der Waals surface area contributed by atoms with Gasteiger partial charge in [-0.05, 0) is 44.6 Å². The molecule has 1 heterocycles. The van der Waals surface area contributed by atoms with Gasteiger partial charge >= 0.3 is 0 Å². The normalized spacial score (nSPS) is 24.2. The number of hydrogen-bond acceptors (Lipinski definition) is 3. The lowest BCUT2D eigenvalue weighted by atomic mass is 10.1. The van der Waals surface area contributed by atoms with E-state index in [0.29, 0.717) is 0 Å². The van der Waals surface area contributed by atoms with Crippen LogP contribution in [-0.2, 0) is 0 Å². The van der Waals surface area contributed by atoms with E-state index in [1.807, 2.05) is 0 Å².